The molecule has 2 aromatic rings. The van der Waals surface area contributed by atoms with Crippen molar-refractivity contribution in [1.29, 1.82) is 0 Å². The summed E-state index contributed by atoms with van der Waals surface area (Å²) in [5.74, 6) is 0.128. The maximum Gasteiger partial charge on any atom is 0.178 e. The number of aryl methyl sites for hydroxylation is 1. The van der Waals surface area contributed by atoms with Crippen LogP contribution in [0, 0.1) is 6.92 Å². The van der Waals surface area contributed by atoms with Gasteiger partial charge in [0.2, 0.25) is 0 Å². The maximum atomic E-state index is 11.7. The van der Waals surface area contributed by atoms with Crippen LogP contribution in [0.5, 0.6) is 0 Å². The molecule has 0 radical (unpaired) electrons. The van der Waals surface area contributed by atoms with E-state index in [9.17, 15) is 8.42 Å². The third-order valence-electron chi connectivity index (χ3n) is 3.21. The summed E-state index contributed by atoms with van der Waals surface area (Å²) >= 11 is 0. The van der Waals surface area contributed by atoms with Gasteiger partial charge in [0.1, 0.15) is 0 Å². The molecule has 0 aliphatic rings. The zero-order valence-corrected chi connectivity index (χ0v) is 12.6. The van der Waals surface area contributed by atoms with E-state index in [1.807, 2.05) is 0 Å². The lowest BCUT2D eigenvalue weighted by atomic mass is 10.1. The number of rotatable bonds is 5. The molecule has 20 heavy (non-hydrogen) atoms. The van der Waals surface area contributed by atoms with Crippen LogP contribution >= 0.6 is 0 Å². The summed E-state index contributed by atoms with van der Waals surface area (Å²) < 4.78 is 23.4. The molecule has 0 heterocycles. The number of benzene rings is 2. The van der Waals surface area contributed by atoms with Crippen molar-refractivity contribution in [1.82, 2.24) is 0 Å². The molecule has 0 atom stereocenters. The van der Waals surface area contributed by atoms with Crippen LogP contribution in [0.25, 0.3) is 0 Å². The Kier molecular flexibility index (Phi) is 4.45. The lowest BCUT2D eigenvalue weighted by Crippen LogP contribution is -2.04. The molecule has 0 unspecified atom stereocenters. The molecule has 0 fully saturated rings. The van der Waals surface area contributed by atoms with Crippen LogP contribution in [0.3, 0.4) is 0 Å². The highest BCUT2D eigenvalue weighted by Crippen LogP contribution is 2.16. The first kappa shape index (κ1) is 14.6. The molecule has 0 spiro atoms. The van der Waals surface area contributed by atoms with E-state index in [1.54, 1.807) is 31.2 Å². The normalized spacial score (nSPS) is 11.3. The van der Waals surface area contributed by atoms with Crippen LogP contribution in [0.4, 0.5) is 5.69 Å². The van der Waals surface area contributed by atoms with Crippen LogP contribution in [-0.4, -0.2) is 14.2 Å². The predicted octanol–water partition coefficient (Wildman–Crippen LogP) is 3.40. The lowest BCUT2D eigenvalue weighted by molar-refractivity contribution is 0.597. The molecule has 0 saturated heterocycles. The van der Waals surface area contributed by atoms with Crippen LogP contribution in [0.15, 0.2) is 53.4 Å². The van der Waals surface area contributed by atoms with Crippen molar-refractivity contribution in [2.45, 2.75) is 25.3 Å². The molecule has 0 bridgehead atoms. The summed E-state index contributed by atoms with van der Waals surface area (Å²) in [4.78, 5) is 0.376. The van der Waals surface area contributed by atoms with Crippen molar-refractivity contribution in [3.05, 3.63) is 59.7 Å². The van der Waals surface area contributed by atoms with Gasteiger partial charge in [-0.15, -0.1) is 0 Å². The third kappa shape index (κ3) is 3.61. The molecule has 0 aliphatic heterocycles. The summed E-state index contributed by atoms with van der Waals surface area (Å²) in [6.07, 6.45) is 0. The topological polar surface area (TPSA) is 46.2 Å². The number of hydrogen-bond acceptors (Lipinski definition) is 3. The Morgan fingerprint density at radius 3 is 2.10 bits per heavy atom. The summed E-state index contributed by atoms with van der Waals surface area (Å²) in [6, 6.07) is 15.2. The van der Waals surface area contributed by atoms with Gasteiger partial charge in [-0.3, -0.25) is 0 Å². The first-order chi connectivity index (χ1) is 9.51. The highest BCUT2D eigenvalue weighted by Gasteiger charge is 2.10. The van der Waals surface area contributed by atoms with E-state index >= 15 is 0 Å². The lowest BCUT2D eigenvalue weighted by Gasteiger charge is -2.08. The monoisotopic (exact) mass is 289 g/mol. The summed E-state index contributed by atoms with van der Waals surface area (Å²) in [5.41, 5.74) is 3.35. The van der Waals surface area contributed by atoms with E-state index in [1.165, 1.54) is 11.1 Å². The van der Waals surface area contributed by atoms with Crippen molar-refractivity contribution < 1.29 is 8.42 Å². The minimum Gasteiger partial charge on any atom is -0.381 e. The van der Waals surface area contributed by atoms with Crippen molar-refractivity contribution in [2.75, 3.05) is 11.1 Å². The zero-order valence-electron chi connectivity index (χ0n) is 11.8. The molecule has 4 heteroatoms. The van der Waals surface area contributed by atoms with Crippen LogP contribution < -0.4 is 5.32 Å². The van der Waals surface area contributed by atoms with Crippen molar-refractivity contribution in [2.24, 2.45) is 0 Å². The first-order valence-corrected chi connectivity index (χ1v) is 8.29. The minimum absolute atomic E-state index is 0.128. The van der Waals surface area contributed by atoms with Crippen LogP contribution in [-0.2, 0) is 16.4 Å². The Morgan fingerprint density at radius 2 is 1.55 bits per heavy atom. The molecule has 0 saturated carbocycles. The van der Waals surface area contributed by atoms with Gasteiger partial charge in [-0.05, 0) is 36.8 Å². The second-order valence-corrected chi connectivity index (χ2v) is 7.05. The maximum absolute atomic E-state index is 11.7. The van der Waals surface area contributed by atoms with Gasteiger partial charge in [-0.25, -0.2) is 8.42 Å². The van der Waals surface area contributed by atoms with E-state index in [-0.39, 0.29) is 5.75 Å². The average Bonchev–Trinajstić information content (AvgIpc) is 2.47. The smallest absolute Gasteiger partial charge is 0.178 e. The van der Waals surface area contributed by atoms with Gasteiger partial charge in [0.25, 0.3) is 0 Å². The van der Waals surface area contributed by atoms with E-state index < -0.39 is 9.84 Å². The SMILES string of the molecule is CCS(=O)(=O)c1ccc(NCc2ccc(C)cc2)cc1. The molecule has 2 aromatic carbocycles. The highest BCUT2D eigenvalue weighted by atomic mass is 32.2. The van der Waals surface area contributed by atoms with E-state index in [0.29, 0.717) is 4.90 Å². The van der Waals surface area contributed by atoms with E-state index in [0.717, 1.165) is 12.2 Å². The molecule has 0 aliphatic carbocycles. The van der Waals surface area contributed by atoms with Gasteiger partial charge in [-0.1, -0.05) is 36.8 Å². The zero-order chi connectivity index (χ0) is 14.6. The fraction of sp³-hybridized carbons (Fsp3) is 0.250. The summed E-state index contributed by atoms with van der Waals surface area (Å²) in [7, 11) is -3.11. The van der Waals surface area contributed by atoms with Crippen molar-refractivity contribution >= 4 is 15.5 Å². The Balaban J connectivity index is 2.03. The average molecular weight is 289 g/mol. The molecule has 0 aromatic heterocycles. The molecular weight excluding hydrogens is 270 g/mol. The molecule has 2 rings (SSSR count). The number of sulfone groups is 1. The number of nitrogens with one attached hydrogen (secondary N) is 1. The van der Waals surface area contributed by atoms with Gasteiger partial charge in [0, 0.05) is 12.2 Å². The van der Waals surface area contributed by atoms with Crippen molar-refractivity contribution in [3.8, 4) is 0 Å². The molecular formula is C16H19NO2S. The van der Waals surface area contributed by atoms with Crippen molar-refractivity contribution in [3.63, 3.8) is 0 Å². The fourth-order valence-corrected chi connectivity index (χ4v) is 2.74. The summed E-state index contributed by atoms with van der Waals surface area (Å²) in [5, 5.41) is 3.28. The van der Waals surface area contributed by atoms with Crippen LogP contribution in [0.1, 0.15) is 18.1 Å². The Bertz CT molecular complexity index is 659. The Hall–Kier alpha value is -1.81. The minimum atomic E-state index is -3.11. The predicted molar refractivity (Wildman–Crippen MR) is 82.7 cm³/mol. The van der Waals surface area contributed by atoms with Crippen LogP contribution in [0.2, 0.25) is 0 Å². The molecule has 0 amide bonds. The largest absolute Gasteiger partial charge is 0.381 e. The second kappa shape index (κ2) is 6.09. The Labute approximate surface area is 120 Å². The van der Waals surface area contributed by atoms with E-state index in [2.05, 4.69) is 36.5 Å². The number of anilines is 1. The summed E-state index contributed by atoms with van der Waals surface area (Å²) in [6.45, 7) is 4.43. The molecule has 3 nitrogen and oxygen atoms in total. The quantitative estimate of drug-likeness (QED) is 0.917. The van der Waals surface area contributed by atoms with Gasteiger partial charge in [0.15, 0.2) is 9.84 Å². The van der Waals surface area contributed by atoms with Gasteiger partial charge < -0.3 is 5.32 Å². The van der Waals surface area contributed by atoms with E-state index in [4.69, 9.17) is 0 Å². The van der Waals surface area contributed by atoms with Gasteiger partial charge in [0.05, 0.1) is 10.6 Å². The van der Waals surface area contributed by atoms with Gasteiger partial charge >= 0.3 is 0 Å². The Morgan fingerprint density at radius 1 is 0.950 bits per heavy atom. The second-order valence-electron chi connectivity index (χ2n) is 4.77. The fourth-order valence-electron chi connectivity index (χ4n) is 1.86. The first-order valence-electron chi connectivity index (χ1n) is 6.63. The number of hydrogen-bond donors (Lipinski definition) is 1. The standard InChI is InChI=1S/C16H19NO2S/c1-3-20(18,19)16-10-8-15(9-11-16)17-12-14-6-4-13(2)5-7-14/h4-11,17H,3,12H2,1-2H3. The molecule has 1 N–H and O–H groups in total. The highest BCUT2D eigenvalue weighted by molar-refractivity contribution is 7.91. The van der Waals surface area contributed by atoms with Gasteiger partial charge in [-0.2, -0.15) is 0 Å². The molecule has 106 valence electrons. The third-order valence-corrected chi connectivity index (χ3v) is 4.96.